The summed E-state index contributed by atoms with van der Waals surface area (Å²) >= 11 is 1.85. The maximum absolute atomic E-state index is 5.78. The monoisotopic (exact) mass is 289 g/mol. The van der Waals surface area contributed by atoms with Crippen molar-refractivity contribution in [2.75, 3.05) is 14.2 Å². The molecule has 0 saturated heterocycles. The second-order valence-corrected chi connectivity index (χ2v) is 6.80. The minimum atomic E-state index is 0.138. The van der Waals surface area contributed by atoms with Crippen LogP contribution in [0.25, 0.3) is 10.1 Å². The van der Waals surface area contributed by atoms with E-state index in [1.54, 1.807) is 0 Å². The Morgan fingerprint density at radius 1 is 1.35 bits per heavy atom. The van der Waals surface area contributed by atoms with Gasteiger partial charge in [0.1, 0.15) is 0 Å². The van der Waals surface area contributed by atoms with E-state index in [1.165, 1.54) is 34.9 Å². The van der Waals surface area contributed by atoms with Crippen molar-refractivity contribution in [1.82, 2.24) is 5.32 Å². The summed E-state index contributed by atoms with van der Waals surface area (Å²) in [6.07, 6.45) is 5.94. The SMILES string of the molecule is CNC(Cc1csc2ccccc12)CC1(OC)CCC1. The molecule has 0 bridgehead atoms. The van der Waals surface area contributed by atoms with Crippen molar-refractivity contribution in [2.45, 2.75) is 43.7 Å². The van der Waals surface area contributed by atoms with E-state index < -0.39 is 0 Å². The lowest BCUT2D eigenvalue weighted by atomic mass is 9.75. The van der Waals surface area contributed by atoms with E-state index in [2.05, 4.69) is 42.0 Å². The Morgan fingerprint density at radius 3 is 2.80 bits per heavy atom. The summed E-state index contributed by atoms with van der Waals surface area (Å²) in [5.41, 5.74) is 1.61. The molecule has 1 N–H and O–H groups in total. The maximum Gasteiger partial charge on any atom is 0.0693 e. The standard InChI is InChI=1S/C17H23NOS/c1-18-14(11-17(19-2)8-5-9-17)10-13-12-20-16-7-4-3-6-15(13)16/h3-4,6-7,12,14,18H,5,8-11H2,1-2H3. The minimum Gasteiger partial charge on any atom is -0.378 e. The number of fused-ring (bicyclic) bond motifs is 1. The fraction of sp³-hybridized carbons (Fsp3) is 0.529. The molecule has 1 aromatic heterocycles. The molecule has 3 rings (SSSR count). The number of benzene rings is 1. The van der Waals surface area contributed by atoms with Gasteiger partial charge in [-0.05, 0) is 61.5 Å². The van der Waals surface area contributed by atoms with Crippen LogP contribution < -0.4 is 5.32 Å². The first-order valence-corrected chi connectivity index (χ1v) is 8.32. The van der Waals surface area contributed by atoms with E-state index in [4.69, 9.17) is 4.74 Å². The van der Waals surface area contributed by atoms with E-state index >= 15 is 0 Å². The lowest BCUT2D eigenvalue weighted by Gasteiger charge is -2.42. The largest absolute Gasteiger partial charge is 0.378 e. The third-order valence-corrected chi connectivity index (χ3v) is 5.76. The number of methoxy groups -OCH3 is 1. The number of likely N-dealkylation sites (N-methyl/N-ethyl adjacent to an activating group) is 1. The zero-order chi connectivity index (χ0) is 14.0. The first-order valence-electron chi connectivity index (χ1n) is 7.44. The molecule has 20 heavy (non-hydrogen) atoms. The average molecular weight is 289 g/mol. The molecule has 0 amide bonds. The second kappa shape index (κ2) is 5.84. The molecule has 1 aliphatic rings. The molecule has 108 valence electrons. The first kappa shape index (κ1) is 14.1. The van der Waals surface area contributed by atoms with Gasteiger partial charge in [0.25, 0.3) is 0 Å². The highest BCUT2D eigenvalue weighted by Crippen LogP contribution is 2.39. The summed E-state index contributed by atoms with van der Waals surface area (Å²) in [4.78, 5) is 0. The van der Waals surface area contributed by atoms with Crippen molar-refractivity contribution < 1.29 is 4.74 Å². The van der Waals surface area contributed by atoms with E-state index in [0.29, 0.717) is 6.04 Å². The summed E-state index contributed by atoms with van der Waals surface area (Å²) in [6, 6.07) is 9.19. The van der Waals surface area contributed by atoms with Crippen LogP contribution in [0.4, 0.5) is 0 Å². The molecule has 3 heteroatoms. The van der Waals surface area contributed by atoms with Gasteiger partial charge in [-0.3, -0.25) is 0 Å². The van der Waals surface area contributed by atoms with Crippen molar-refractivity contribution >= 4 is 21.4 Å². The number of thiophene rings is 1. The molecule has 0 radical (unpaired) electrons. The van der Waals surface area contributed by atoms with Crippen LogP contribution in [0.5, 0.6) is 0 Å². The average Bonchev–Trinajstić information content (AvgIpc) is 2.85. The van der Waals surface area contributed by atoms with Crippen LogP contribution >= 0.6 is 11.3 Å². The van der Waals surface area contributed by atoms with Crippen LogP contribution in [-0.4, -0.2) is 25.8 Å². The summed E-state index contributed by atoms with van der Waals surface area (Å²) in [7, 11) is 3.94. The zero-order valence-electron chi connectivity index (χ0n) is 12.3. The van der Waals surface area contributed by atoms with Crippen molar-refractivity contribution in [1.29, 1.82) is 0 Å². The molecular weight excluding hydrogens is 266 g/mol. The Morgan fingerprint density at radius 2 is 2.15 bits per heavy atom. The second-order valence-electron chi connectivity index (χ2n) is 5.89. The topological polar surface area (TPSA) is 21.3 Å². The van der Waals surface area contributed by atoms with Crippen molar-refractivity contribution in [3.63, 3.8) is 0 Å². The van der Waals surface area contributed by atoms with Crippen LogP contribution in [0.1, 0.15) is 31.2 Å². The Kier molecular flexibility index (Phi) is 4.11. The maximum atomic E-state index is 5.78. The highest BCUT2D eigenvalue weighted by molar-refractivity contribution is 7.17. The summed E-state index contributed by atoms with van der Waals surface area (Å²) in [5.74, 6) is 0. The lowest BCUT2D eigenvalue weighted by molar-refractivity contribution is -0.0830. The van der Waals surface area contributed by atoms with Gasteiger partial charge in [-0.1, -0.05) is 18.2 Å². The number of hydrogen-bond donors (Lipinski definition) is 1. The molecule has 0 aliphatic heterocycles. The smallest absolute Gasteiger partial charge is 0.0693 e. The van der Waals surface area contributed by atoms with Gasteiger partial charge >= 0.3 is 0 Å². The molecule has 1 heterocycles. The molecular formula is C17H23NOS. The zero-order valence-corrected chi connectivity index (χ0v) is 13.1. The number of ether oxygens (including phenoxy) is 1. The Labute approximate surface area is 125 Å². The molecule has 1 atom stereocenters. The van der Waals surface area contributed by atoms with E-state index in [9.17, 15) is 0 Å². The van der Waals surface area contributed by atoms with Gasteiger partial charge in [0, 0.05) is 17.9 Å². The number of nitrogens with one attached hydrogen (secondary N) is 1. The first-order chi connectivity index (χ1) is 9.76. The summed E-state index contributed by atoms with van der Waals surface area (Å²) in [6.45, 7) is 0. The molecule has 1 saturated carbocycles. The molecule has 2 nitrogen and oxygen atoms in total. The molecule has 2 aromatic rings. The van der Waals surface area contributed by atoms with Crippen molar-refractivity contribution in [2.24, 2.45) is 0 Å². The van der Waals surface area contributed by atoms with Gasteiger partial charge in [-0.15, -0.1) is 11.3 Å². The molecule has 0 spiro atoms. The number of hydrogen-bond acceptors (Lipinski definition) is 3. The quantitative estimate of drug-likeness (QED) is 0.868. The third kappa shape index (κ3) is 2.62. The van der Waals surface area contributed by atoms with Gasteiger partial charge in [0.2, 0.25) is 0 Å². The molecule has 1 aliphatic carbocycles. The number of rotatable bonds is 6. The van der Waals surface area contributed by atoms with Gasteiger partial charge in [0.15, 0.2) is 0 Å². The van der Waals surface area contributed by atoms with Crippen LogP contribution in [0, 0.1) is 0 Å². The Balaban J connectivity index is 1.74. The Hall–Kier alpha value is -0.900. The van der Waals surface area contributed by atoms with E-state index in [-0.39, 0.29) is 5.60 Å². The van der Waals surface area contributed by atoms with Crippen molar-refractivity contribution in [3.05, 3.63) is 35.2 Å². The van der Waals surface area contributed by atoms with Gasteiger partial charge in [-0.2, -0.15) is 0 Å². The van der Waals surface area contributed by atoms with Gasteiger partial charge in [-0.25, -0.2) is 0 Å². The predicted octanol–water partition coefficient (Wildman–Crippen LogP) is 3.99. The van der Waals surface area contributed by atoms with Crippen LogP contribution in [-0.2, 0) is 11.2 Å². The fourth-order valence-corrected chi connectivity index (χ4v) is 4.22. The molecule has 1 unspecified atom stereocenters. The van der Waals surface area contributed by atoms with Crippen molar-refractivity contribution in [3.8, 4) is 0 Å². The third-order valence-electron chi connectivity index (χ3n) is 4.75. The highest BCUT2D eigenvalue weighted by atomic mass is 32.1. The fourth-order valence-electron chi connectivity index (χ4n) is 3.24. The predicted molar refractivity (Wildman–Crippen MR) is 86.6 cm³/mol. The summed E-state index contributed by atoms with van der Waals surface area (Å²) < 4.78 is 7.17. The molecule has 1 fully saturated rings. The Bertz CT molecular complexity index is 568. The van der Waals surface area contributed by atoms with Crippen LogP contribution in [0.3, 0.4) is 0 Å². The normalized spacial score (nSPS) is 18.9. The van der Waals surface area contributed by atoms with Crippen LogP contribution in [0.2, 0.25) is 0 Å². The summed E-state index contributed by atoms with van der Waals surface area (Å²) in [5, 5.41) is 7.22. The van der Waals surface area contributed by atoms with Gasteiger partial charge < -0.3 is 10.1 Å². The molecule has 1 aromatic carbocycles. The van der Waals surface area contributed by atoms with Crippen LogP contribution in [0.15, 0.2) is 29.6 Å². The van der Waals surface area contributed by atoms with Gasteiger partial charge in [0.05, 0.1) is 5.60 Å². The lowest BCUT2D eigenvalue weighted by Crippen LogP contribution is -2.45. The highest BCUT2D eigenvalue weighted by Gasteiger charge is 2.38. The minimum absolute atomic E-state index is 0.138. The van der Waals surface area contributed by atoms with E-state index in [0.717, 1.165) is 12.8 Å². The van der Waals surface area contributed by atoms with E-state index in [1.807, 2.05) is 18.4 Å².